The van der Waals surface area contributed by atoms with Crippen LogP contribution in [0.2, 0.25) is 0 Å². The van der Waals surface area contributed by atoms with Gasteiger partial charge in [0.2, 0.25) is 0 Å². The molecule has 0 fully saturated rings. The first-order valence-electron chi connectivity index (χ1n) is 25.0. The number of rotatable bonds is 8. The zero-order valence-electron chi connectivity index (χ0n) is 43.3. The van der Waals surface area contributed by atoms with Crippen LogP contribution in [0.1, 0.15) is 151 Å². The van der Waals surface area contributed by atoms with Gasteiger partial charge in [-0.25, -0.2) is 0 Å². The van der Waals surface area contributed by atoms with Crippen molar-refractivity contribution in [1.29, 1.82) is 0 Å². The number of hydrogen-bond acceptors (Lipinski definition) is 2. The van der Waals surface area contributed by atoms with Crippen LogP contribution in [-0.4, -0.2) is 0 Å². The second-order valence-electron chi connectivity index (χ2n) is 23.7. The Balaban J connectivity index is 1.33. The molecule has 0 N–H and O–H groups in total. The average molecular weight is 957 g/mol. The summed E-state index contributed by atoms with van der Waals surface area (Å²) >= 11 is 0. The van der Waals surface area contributed by atoms with Gasteiger partial charge in [0, 0.05) is 43.7 Å². The van der Waals surface area contributed by atoms with E-state index in [1.165, 1.54) is 55.6 Å². The van der Waals surface area contributed by atoms with Crippen molar-refractivity contribution >= 4 is 46.1 Å². The van der Waals surface area contributed by atoms with Crippen LogP contribution in [0.3, 0.4) is 0 Å². The van der Waals surface area contributed by atoms with Crippen LogP contribution in [0.25, 0.3) is 0 Å². The maximum Gasteiger partial charge on any atom is 0.171 e. The van der Waals surface area contributed by atoms with Crippen molar-refractivity contribution in [2.45, 2.75) is 117 Å². The van der Waals surface area contributed by atoms with Crippen molar-refractivity contribution in [3.63, 3.8) is 0 Å². The Bertz CT molecular complexity index is 2860. The van der Waals surface area contributed by atoms with Gasteiger partial charge in [-0.1, -0.05) is 277 Å². The number of fused-ring (bicyclic) bond motifs is 2. The summed E-state index contributed by atoms with van der Waals surface area (Å²) in [6, 6.07) is 67.7. The summed E-state index contributed by atoms with van der Waals surface area (Å²) in [5.74, 6) is -0.215. The van der Waals surface area contributed by atoms with Gasteiger partial charge in [-0.05, 0) is 77.3 Å². The van der Waals surface area contributed by atoms with Gasteiger partial charge < -0.3 is 9.13 Å². The van der Waals surface area contributed by atoms with Crippen molar-refractivity contribution in [2.75, 3.05) is 0 Å². The van der Waals surface area contributed by atoms with Gasteiger partial charge in [-0.2, -0.15) is 0 Å². The molecule has 1 aliphatic carbocycles. The molecule has 4 heteroatoms. The lowest BCUT2D eigenvalue weighted by Gasteiger charge is -2.41. The highest BCUT2D eigenvalue weighted by molar-refractivity contribution is 7.85. The van der Waals surface area contributed by atoms with Gasteiger partial charge in [0.1, 0.15) is 0 Å². The molecule has 0 bridgehead atoms. The molecular weight excluding hydrogens is 887 g/mol. The predicted octanol–water partition coefficient (Wildman–Crippen LogP) is 14.8. The van der Waals surface area contributed by atoms with Gasteiger partial charge in [-0.15, -0.1) is 0 Å². The van der Waals surface area contributed by atoms with E-state index in [0.29, 0.717) is 0 Å². The molecule has 0 unspecified atom stereocenters. The molecule has 70 heavy (non-hydrogen) atoms. The molecule has 1 aliphatic rings. The lowest BCUT2D eigenvalue weighted by Crippen LogP contribution is -2.29. The molecule has 9 rings (SSSR count). The minimum Gasteiger partial charge on any atom is -0.309 e. The van der Waals surface area contributed by atoms with Crippen LogP contribution in [-0.2, 0) is 30.8 Å². The highest BCUT2D eigenvalue weighted by atomic mass is 31.2. The molecule has 0 amide bonds. The van der Waals surface area contributed by atoms with Gasteiger partial charge in [0.05, 0.1) is 0 Å². The zero-order chi connectivity index (χ0) is 50.0. The molecular formula is C66H70O2P2. The van der Waals surface area contributed by atoms with Crippen LogP contribution < -0.4 is 31.8 Å². The minimum atomic E-state index is -3.20. The van der Waals surface area contributed by atoms with Gasteiger partial charge in [0.15, 0.2) is 14.3 Å². The zero-order valence-corrected chi connectivity index (χ0v) is 45.1. The summed E-state index contributed by atoms with van der Waals surface area (Å²) in [5, 5.41) is 4.96. The molecule has 8 aromatic carbocycles. The number of hydrogen-bond donors (Lipinski definition) is 0. The first kappa shape index (κ1) is 49.2. The normalized spacial score (nSPS) is 15.5. The fraction of sp³-hybridized carbons (Fsp3) is 0.273. The topological polar surface area (TPSA) is 34.1 Å². The van der Waals surface area contributed by atoms with E-state index in [-0.39, 0.29) is 33.5 Å². The Labute approximate surface area is 419 Å². The molecule has 0 radical (unpaired) electrons. The largest absolute Gasteiger partial charge is 0.309 e. The monoisotopic (exact) mass is 956 g/mol. The van der Waals surface area contributed by atoms with Crippen molar-refractivity contribution in [1.82, 2.24) is 0 Å². The second kappa shape index (κ2) is 18.1. The van der Waals surface area contributed by atoms with Crippen LogP contribution >= 0.6 is 14.3 Å². The van der Waals surface area contributed by atoms with Gasteiger partial charge in [-0.3, -0.25) is 0 Å². The third-order valence-corrected chi connectivity index (χ3v) is 20.7. The Kier molecular flexibility index (Phi) is 12.7. The Hall–Kier alpha value is -5.78. The summed E-state index contributed by atoms with van der Waals surface area (Å²) in [6.07, 6.45) is 0. The lowest BCUT2D eigenvalue weighted by molar-refractivity contribution is 0.524. The summed E-state index contributed by atoms with van der Waals surface area (Å²) in [7, 11) is -6.41. The summed E-state index contributed by atoms with van der Waals surface area (Å²) in [5.41, 5.74) is 12.4. The van der Waals surface area contributed by atoms with Crippen LogP contribution in [0, 0.1) is 0 Å². The Morgan fingerprint density at radius 3 is 0.643 bits per heavy atom. The van der Waals surface area contributed by atoms with Crippen LogP contribution in [0.4, 0.5) is 0 Å². The average Bonchev–Trinajstić information content (AvgIpc) is 3.34. The first-order chi connectivity index (χ1) is 33.0. The third kappa shape index (κ3) is 8.86. The van der Waals surface area contributed by atoms with E-state index in [1.807, 2.05) is 121 Å². The van der Waals surface area contributed by atoms with E-state index in [9.17, 15) is 0 Å². The predicted molar refractivity (Wildman–Crippen MR) is 301 cm³/mol. The minimum absolute atomic E-state index is 0.107. The fourth-order valence-corrected chi connectivity index (χ4v) is 16.3. The highest BCUT2D eigenvalue weighted by Crippen LogP contribution is 2.54. The molecule has 0 atom stereocenters. The molecule has 2 nitrogen and oxygen atoms in total. The molecule has 0 saturated heterocycles. The summed E-state index contributed by atoms with van der Waals surface area (Å²) < 4.78 is 31.4. The maximum atomic E-state index is 15.7. The lowest BCUT2D eigenvalue weighted by atomic mass is 9.62. The van der Waals surface area contributed by atoms with Crippen molar-refractivity contribution in [3.8, 4) is 0 Å². The van der Waals surface area contributed by atoms with Gasteiger partial charge in [0.25, 0.3) is 0 Å². The van der Waals surface area contributed by atoms with E-state index in [0.717, 1.165) is 31.8 Å². The third-order valence-electron chi connectivity index (χ3n) is 14.6. The molecule has 0 saturated carbocycles. The van der Waals surface area contributed by atoms with Crippen molar-refractivity contribution in [2.24, 2.45) is 0 Å². The highest BCUT2D eigenvalue weighted by Gasteiger charge is 2.41. The van der Waals surface area contributed by atoms with Crippen molar-refractivity contribution in [3.05, 3.63) is 250 Å². The Morgan fingerprint density at radius 1 is 0.271 bits per heavy atom. The summed E-state index contributed by atoms with van der Waals surface area (Å²) in [6.45, 7) is 28.1. The van der Waals surface area contributed by atoms with Gasteiger partial charge >= 0.3 is 0 Å². The van der Waals surface area contributed by atoms with E-state index >= 15 is 9.13 Å². The van der Waals surface area contributed by atoms with E-state index < -0.39 is 14.3 Å². The Morgan fingerprint density at radius 2 is 0.457 bits per heavy atom. The second-order valence-corrected chi connectivity index (χ2v) is 29.2. The standard InChI is InChI=1S/C66H70O2P2/c1-63(2,3)57-41-53-54(42-58(57)64(4,5)6)62(46-35-39-52(40-36-46)70(68,49-29-21-15-22-30-49)50-31-23-16-24-32-50)56-44-60(66(10,11)12)59(65(7,8)9)43-55(56)61(53)45-33-37-51(38-34-45)69(67,47-25-17-13-18-26-47)48-27-19-14-20-28-48/h13-44,61-62H,1-12H3. The molecule has 0 aliphatic heterocycles. The van der Waals surface area contributed by atoms with Crippen LogP contribution in [0.5, 0.6) is 0 Å². The maximum absolute atomic E-state index is 15.7. The van der Waals surface area contributed by atoms with Crippen LogP contribution in [0.15, 0.2) is 194 Å². The number of benzene rings is 8. The molecule has 8 aromatic rings. The quantitative estimate of drug-likeness (QED) is 0.142. The molecule has 0 aromatic heterocycles. The molecule has 356 valence electrons. The molecule has 0 spiro atoms. The SMILES string of the molecule is CC(C)(C)c1cc2c(cc1C(C)(C)C)C(c1ccc(P(=O)(c3ccccc3)c3ccccc3)cc1)c1cc(C(C)(C)C)c(C(C)(C)C)cc1C2c1ccc(P(=O)(c2ccccc2)c2ccccc2)cc1. The summed E-state index contributed by atoms with van der Waals surface area (Å²) in [4.78, 5) is 0. The van der Waals surface area contributed by atoms with E-state index in [1.54, 1.807) is 0 Å². The van der Waals surface area contributed by atoms with Crippen molar-refractivity contribution < 1.29 is 9.13 Å². The van der Waals surface area contributed by atoms with E-state index in [2.05, 4.69) is 156 Å². The van der Waals surface area contributed by atoms with E-state index in [4.69, 9.17) is 0 Å². The smallest absolute Gasteiger partial charge is 0.171 e. The first-order valence-corrected chi connectivity index (χ1v) is 28.4. The fourth-order valence-electron chi connectivity index (χ4n) is 11.0. The molecule has 0 heterocycles.